The van der Waals surface area contributed by atoms with Crippen LogP contribution in [0.5, 0.6) is 0 Å². The molecular weight excluding hydrogens is 500 g/mol. The highest BCUT2D eigenvalue weighted by molar-refractivity contribution is 9.10. The van der Waals surface area contributed by atoms with Crippen molar-refractivity contribution in [2.75, 3.05) is 0 Å². The summed E-state index contributed by atoms with van der Waals surface area (Å²) in [5, 5.41) is 3.19. The molecule has 3 aromatic carbocycles. The number of nitrogens with zero attached hydrogens (tertiary/aromatic N) is 1. The second-order valence-corrected chi connectivity index (χ2v) is 10.3. The number of amides is 2. The predicted molar refractivity (Wildman–Crippen MR) is 144 cm³/mol. The summed E-state index contributed by atoms with van der Waals surface area (Å²) in [5.74, 6) is -0.180. The van der Waals surface area contributed by atoms with Gasteiger partial charge in [0.05, 0.1) is 0 Å². The van der Waals surface area contributed by atoms with Gasteiger partial charge in [0.25, 0.3) is 0 Å². The lowest BCUT2D eigenvalue weighted by molar-refractivity contribution is -0.141. The first-order valence-corrected chi connectivity index (χ1v) is 13.2. The minimum absolute atomic E-state index is 0.0281. The second kappa shape index (κ2) is 12.2. The number of hydrogen-bond acceptors (Lipinski definition) is 2. The Labute approximate surface area is 216 Å². The average Bonchev–Trinajstić information content (AvgIpc) is 3.40. The van der Waals surface area contributed by atoms with Gasteiger partial charge in [-0.2, -0.15) is 0 Å². The molecule has 1 unspecified atom stereocenters. The molecule has 35 heavy (non-hydrogen) atoms. The van der Waals surface area contributed by atoms with Crippen LogP contribution < -0.4 is 5.32 Å². The highest BCUT2D eigenvalue weighted by atomic mass is 79.9. The van der Waals surface area contributed by atoms with Crippen LogP contribution >= 0.6 is 15.9 Å². The first-order chi connectivity index (χ1) is 17.0. The van der Waals surface area contributed by atoms with Crippen molar-refractivity contribution in [1.29, 1.82) is 0 Å². The van der Waals surface area contributed by atoms with Crippen molar-refractivity contribution in [2.45, 2.75) is 63.6 Å². The van der Waals surface area contributed by atoms with Crippen molar-refractivity contribution in [1.82, 2.24) is 10.2 Å². The molecule has 5 heteroatoms. The van der Waals surface area contributed by atoms with Crippen molar-refractivity contribution in [3.63, 3.8) is 0 Å². The van der Waals surface area contributed by atoms with Crippen LogP contribution in [0.25, 0.3) is 0 Å². The summed E-state index contributed by atoms with van der Waals surface area (Å²) in [7, 11) is 0. The summed E-state index contributed by atoms with van der Waals surface area (Å²) >= 11 is 3.48. The number of carbonyl (C=O) groups excluding carboxylic acids is 2. The molecular formula is C30H33BrN2O2. The third kappa shape index (κ3) is 6.82. The summed E-state index contributed by atoms with van der Waals surface area (Å²) in [4.78, 5) is 28.8. The molecule has 1 N–H and O–H groups in total. The zero-order chi connectivity index (χ0) is 24.6. The number of rotatable bonds is 9. The molecule has 1 atom stereocenters. The summed E-state index contributed by atoms with van der Waals surface area (Å²) in [5.41, 5.74) is 3.19. The molecule has 1 fully saturated rings. The third-order valence-electron chi connectivity index (χ3n) is 6.92. The number of benzene rings is 3. The Balaban J connectivity index is 1.59. The Kier molecular flexibility index (Phi) is 8.75. The quantitative estimate of drug-likeness (QED) is 0.344. The van der Waals surface area contributed by atoms with Gasteiger partial charge in [0.2, 0.25) is 11.8 Å². The topological polar surface area (TPSA) is 49.4 Å². The largest absolute Gasteiger partial charge is 0.352 e. The molecule has 4 nitrogen and oxygen atoms in total. The van der Waals surface area contributed by atoms with Gasteiger partial charge < -0.3 is 10.2 Å². The van der Waals surface area contributed by atoms with E-state index < -0.39 is 6.04 Å². The van der Waals surface area contributed by atoms with Crippen molar-refractivity contribution in [2.24, 2.45) is 0 Å². The Morgan fingerprint density at radius 1 is 0.886 bits per heavy atom. The average molecular weight is 534 g/mol. The van der Waals surface area contributed by atoms with E-state index in [1.807, 2.05) is 67.6 Å². The third-order valence-corrected chi connectivity index (χ3v) is 7.45. The van der Waals surface area contributed by atoms with E-state index >= 15 is 0 Å². The Hall–Kier alpha value is -2.92. The van der Waals surface area contributed by atoms with Crippen molar-refractivity contribution in [3.05, 3.63) is 106 Å². The van der Waals surface area contributed by atoms with Gasteiger partial charge in [-0.15, -0.1) is 0 Å². The summed E-state index contributed by atoms with van der Waals surface area (Å²) in [6.07, 6.45) is 4.63. The van der Waals surface area contributed by atoms with E-state index in [0.29, 0.717) is 13.0 Å². The lowest BCUT2D eigenvalue weighted by Crippen LogP contribution is -2.49. The van der Waals surface area contributed by atoms with Crippen LogP contribution in [-0.2, 0) is 16.1 Å². The minimum atomic E-state index is -0.557. The van der Waals surface area contributed by atoms with E-state index in [0.717, 1.165) is 46.8 Å². The van der Waals surface area contributed by atoms with E-state index in [9.17, 15) is 9.59 Å². The van der Waals surface area contributed by atoms with Crippen LogP contribution in [0.3, 0.4) is 0 Å². The van der Waals surface area contributed by atoms with Crippen LogP contribution in [0.1, 0.15) is 61.6 Å². The molecule has 0 spiro atoms. The van der Waals surface area contributed by atoms with Gasteiger partial charge in [-0.25, -0.2) is 0 Å². The molecule has 0 aliphatic heterocycles. The highest BCUT2D eigenvalue weighted by Gasteiger charge is 2.30. The van der Waals surface area contributed by atoms with E-state index in [2.05, 4.69) is 45.5 Å². The van der Waals surface area contributed by atoms with Crippen LogP contribution in [0.2, 0.25) is 0 Å². The maximum Gasteiger partial charge on any atom is 0.242 e. The zero-order valence-electron chi connectivity index (χ0n) is 20.2. The van der Waals surface area contributed by atoms with Gasteiger partial charge >= 0.3 is 0 Å². The lowest BCUT2D eigenvalue weighted by atomic mass is 9.88. The first kappa shape index (κ1) is 25.2. The second-order valence-electron chi connectivity index (χ2n) is 9.39. The summed E-state index contributed by atoms with van der Waals surface area (Å²) in [6.45, 7) is 2.24. The van der Waals surface area contributed by atoms with Crippen LogP contribution in [0.4, 0.5) is 0 Å². The molecule has 1 saturated carbocycles. The molecule has 2 amide bonds. The smallest absolute Gasteiger partial charge is 0.242 e. The molecule has 0 radical (unpaired) electrons. The van der Waals surface area contributed by atoms with E-state index in [4.69, 9.17) is 0 Å². The molecule has 0 heterocycles. The lowest BCUT2D eigenvalue weighted by Gasteiger charge is -2.31. The molecule has 1 aliphatic rings. The van der Waals surface area contributed by atoms with E-state index in [1.165, 1.54) is 0 Å². The Morgan fingerprint density at radius 2 is 1.43 bits per heavy atom. The Morgan fingerprint density at radius 3 is 1.97 bits per heavy atom. The van der Waals surface area contributed by atoms with Gasteiger partial charge in [-0.1, -0.05) is 102 Å². The van der Waals surface area contributed by atoms with Crippen molar-refractivity contribution < 1.29 is 9.59 Å². The monoisotopic (exact) mass is 532 g/mol. The molecule has 0 saturated heterocycles. The fourth-order valence-corrected chi connectivity index (χ4v) is 5.12. The van der Waals surface area contributed by atoms with Gasteiger partial charge in [-0.3, -0.25) is 9.59 Å². The molecule has 3 aromatic rings. The van der Waals surface area contributed by atoms with Gasteiger partial charge in [0, 0.05) is 29.4 Å². The molecule has 1 aliphatic carbocycles. The molecule has 0 aromatic heterocycles. The van der Waals surface area contributed by atoms with E-state index in [1.54, 1.807) is 4.90 Å². The number of nitrogens with one attached hydrogen (secondary N) is 1. The fraction of sp³-hybridized carbons (Fsp3) is 0.333. The predicted octanol–water partition coefficient (Wildman–Crippen LogP) is 6.45. The zero-order valence-corrected chi connectivity index (χ0v) is 21.8. The maximum atomic E-state index is 13.9. The minimum Gasteiger partial charge on any atom is -0.352 e. The van der Waals surface area contributed by atoms with Crippen LogP contribution in [0, 0.1) is 0 Å². The standard InChI is InChI=1S/C30H33BrN2O2/c1-22(30(35)32-27-14-8-9-15-27)33(21-23-16-18-26(31)19-17-23)29(34)20-28(24-10-4-2-5-11-24)25-12-6-3-7-13-25/h2-7,10-13,16-19,22,27-28H,8-9,14-15,20-21H2,1H3,(H,32,35). The van der Waals surface area contributed by atoms with Crippen LogP contribution in [-0.4, -0.2) is 28.8 Å². The van der Waals surface area contributed by atoms with Gasteiger partial charge in [0.1, 0.15) is 6.04 Å². The van der Waals surface area contributed by atoms with Crippen molar-refractivity contribution >= 4 is 27.7 Å². The molecule has 4 rings (SSSR count). The maximum absolute atomic E-state index is 13.9. The normalized spacial score (nSPS) is 14.6. The number of hydrogen-bond donors (Lipinski definition) is 1. The van der Waals surface area contributed by atoms with Gasteiger partial charge in [-0.05, 0) is 48.6 Å². The van der Waals surface area contributed by atoms with Crippen LogP contribution in [0.15, 0.2) is 89.4 Å². The molecule has 182 valence electrons. The summed E-state index contributed by atoms with van der Waals surface area (Å²) in [6, 6.07) is 27.9. The fourth-order valence-electron chi connectivity index (χ4n) is 4.85. The number of carbonyl (C=O) groups is 2. The van der Waals surface area contributed by atoms with E-state index in [-0.39, 0.29) is 23.8 Å². The highest BCUT2D eigenvalue weighted by Crippen LogP contribution is 2.29. The summed E-state index contributed by atoms with van der Waals surface area (Å²) < 4.78 is 0.986. The first-order valence-electron chi connectivity index (χ1n) is 12.5. The SMILES string of the molecule is CC(C(=O)NC1CCCC1)N(Cc1ccc(Br)cc1)C(=O)CC(c1ccccc1)c1ccccc1. The Bertz CT molecular complexity index is 1060. The van der Waals surface area contributed by atoms with Crippen molar-refractivity contribution in [3.8, 4) is 0 Å². The number of halogens is 1. The van der Waals surface area contributed by atoms with Gasteiger partial charge in [0.15, 0.2) is 0 Å². The molecule has 0 bridgehead atoms.